The van der Waals surface area contributed by atoms with E-state index in [4.69, 9.17) is 4.74 Å². The Morgan fingerprint density at radius 3 is 2.71 bits per heavy atom. The predicted octanol–water partition coefficient (Wildman–Crippen LogP) is 1.42. The zero-order valence-electron chi connectivity index (χ0n) is 16.6. The molecule has 1 fully saturated rings. The summed E-state index contributed by atoms with van der Waals surface area (Å²) < 4.78 is 5.26. The summed E-state index contributed by atoms with van der Waals surface area (Å²) in [4.78, 5) is 38.1. The maximum atomic E-state index is 12.6. The Morgan fingerprint density at radius 2 is 2.07 bits per heavy atom. The molecule has 1 aromatic rings. The molecule has 1 saturated heterocycles. The fraction of sp³-hybridized carbons (Fsp3) is 0.550. The van der Waals surface area contributed by atoms with E-state index in [2.05, 4.69) is 10.6 Å². The molecule has 154 valence electrons. The molecule has 3 N–H and O–H groups in total. The van der Waals surface area contributed by atoms with Crippen LogP contribution >= 0.6 is 0 Å². The van der Waals surface area contributed by atoms with Gasteiger partial charge >= 0.3 is 6.03 Å². The molecule has 8 heteroatoms. The molecular formula is C20H29N3O5. The summed E-state index contributed by atoms with van der Waals surface area (Å²) in [5.74, 6) is 0.151. The van der Waals surface area contributed by atoms with E-state index in [9.17, 15) is 19.5 Å². The lowest BCUT2D eigenvalue weighted by Gasteiger charge is -2.22. The van der Waals surface area contributed by atoms with E-state index in [0.29, 0.717) is 5.75 Å². The van der Waals surface area contributed by atoms with Gasteiger partial charge in [-0.1, -0.05) is 38.5 Å². The summed E-state index contributed by atoms with van der Waals surface area (Å²) in [5.41, 5.74) is 0.728. The number of hydrogen-bond donors (Lipinski definition) is 3. The highest BCUT2D eigenvalue weighted by Crippen LogP contribution is 2.22. The molecule has 8 nitrogen and oxygen atoms in total. The number of aliphatic hydroxyl groups is 1. The summed E-state index contributed by atoms with van der Waals surface area (Å²) in [6, 6.07) is 5.67. The number of carbonyl (C=O) groups is 3. The molecule has 0 unspecified atom stereocenters. The van der Waals surface area contributed by atoms with E-state index >= 15 is 0 Å². The van der Waals surface area contributed by atoms with E-state index in [1.807, 2.05) is 26.0 Å². The van der Waals surface area contributed by atoms with E-state index in [-0.39, 0.29) is 49.8 Å². The van der Waals surface area contributed by atoms with Gasteiger partial charge < -0.3 is 20.5 Å². The minimum absolute atomic E-state index is 0.0894. The molecule has 0 spiro atoms. The zero-order valence-corrected chi connectivity index (χ0v) is 16.6. The first-order valence-corrected chi connectivity index (χ1v) is 9.55. The van der Waals surface area contributed by atoms with Crippen LogP contribution in [-0.2, 0) is 16.1 Å². The quantitative estimate of drug-likeness (QED) is 0.523. The molecule has 3 atom stereocenters. The number of amides is 4. The van der Waals surface area contributed by atoms with Crippen LogP contribution in [0.1, 0.15) is 38.7 Å². The highest BCUT2D eigenvalue weighted by Gasteiger charge is 2.38. The minimum atomic E-state index is -0.732. The van der Waals surface area contributed by atoms with Gasteiger partial charge in [0.1, 0.15) is 11.8 Å². The van der Waals surface area contributed by atoms with Gasteiger partial charge in [-0.3, -0.25) is 14.5 Å². The van der Waals surface area contributed by atoms with E-state index in [1.54, 1.807) is 12.1 Å². The van der Waals surface area contributed by atoms with Crippen LogP contribution in [0.4, 0.5) is 4.79 Å². The molecular weight excluding hydrogens is 362 g/mol. The van der Waals surface area contributed by atoms with Gasteiger partial charge in [-0.05, 0) is 18.4 Å². The molecule has 0 saturated carbocycles. The van der Waals surface area contributed by atoms with Gasteiger partial charge in [0.2, 0.25) is 5.91 Å². The summed E-state index contributed by atoms with van der Waals surface area (Å²) in [5, 5.41) is 14.8. The number of rotatable bonds is 10. The van der Waals surface area contributed by atoms with Gasteiger partial charge in [0.05, 0.1) is 26.3 Å². The molecule has 1 aliphatic heterocycles. The van der Waals surface area contributed by atoms with E-state index in [0.717, 1.165) is 16.9 Å². The highest BCUT2D eigenvalue weighted by molar-refractivity contribution is 6.04. The van der Waals surface area contributed by atoms with Crippen molar-refractivity contribution in [3.63, 3.8) is 0 Å². The fourth-order valence-electron chi connectivity index (χ4n) is 3.13. The second-order valence-electron chi connectivity index (χ2n) is 7.02. The average molecular weight is 391 g/mol. The molecule has 2 rings (SSSR count). The zero-order chi connectivity index (χ0) is 20.7. The predicted molar refractivity (Wildman–Crippen MR) is 104 cm³/mol. The van der Waals surface area contributed by atoms with Gasteiger partial charge in [-0.15, -0.1) is 0 Å². The number of nitrogens with zero attached hydrogens (tertiary/aromatic N) is 1. The maximum absolute atomic E-state index is 12.6. The second-order valence-corrected chi connectivity index (χ2v) is 7.02. The van der Waals surface area contributed by atoms with Crippen molar-refractivity contribution < 1.29 is 24.2 Å². The molecule has 28 heavy (non-hydrogen) atoms. The first-order chi connectivity index (χ1) is 13.4. The van der Waals surface area contributed by atoms with Crippen molar-refractivity contribution >= 4 is 17.8 Å². The lowest BCUT2D eigenvalue weighted by atomic mass is 9.99. The second kappa shape index (κ2) is 10.1. The van der Waals surface area contributed by atoms with E-state index < -0.39 is 12.1 Å². The number of carbonyl (C=O) groups excluding carboxylic acids is 3. The van der Waals surface area contributed by atoms with Crippen molar-refractivity contribution in [2.75, 3.05) is 13.7 Å². The summed E-state index contributed by atoms with van der Waals surface area (Å²) in [7, 11) is 1.53. The molecule has 0 aromatic heterocycles. The van der Waals surface area contributed by atoms with Crippen molar-refractivity contribution in [2.45, 2.75) is 51.7 Å². The van der Waals surface area contributed by atoms with Crippen molar-refractivity contribution in [3.05, 3.63) is 29.8 Å². The number of methoxy groups -OCH3 is 1. The summed E-state index contributed by atoms with van der Waals surface area (Å²) >= 11 is 0. The van der Waals surface area contributed by atoms with Crippen molar-refractivity contribution in [3.8, 4) is 5.75 Å². The third-order valence-electron chi connectivity index (χ3n) is 5.16. The Labute approximate surface area is 165 Å². The summed E-state index contributed by atoms with van der Waals surface area (Å²) in [6.07, 6.45) is 1.13. The van der Waals surface area contributed by atoms with Crippen LogP contribution < -0.4 is 15.4 Å². The third-order valence-corrected chi connectivity index (χ3v) is 5.16. The number of benzene rings is 1. The van der Waals surface area contributed by atoms with Crippen LogP contribution in [0.2, 0.25) is 0 Å². The molecule has 4 amide bonds. The monoisotopic (exact) mass is 391 g/mol. The number of nitrogens with one attached hydrogen (secondary N) is 2. The maximum Gasteiger partial charge on any atom is 0.325 e. The van der Waals surface area contributed by atoms with Gasteiger partial charge in [0.15, 0.2) is 0 Å². The van der Waals surface area contributed by atoms with Crippen LogP contribution in [0, 0.1) is 5.92 Å². The highest BCUT2D eigenvalue weighted by atomic mass is 16.5. The van der Waals surface area contributed by atoms with Crippen molar-refractivity contribution in [1.82, 2.24) is 15.5 Å². The average Bonchev–Trinajstić information content (AvgIpc) is 2.97. The Hall–Kier alpha value is -2.61. The van der Waals surface area contributed by atoms with Crippen LogP contribution in [-0.4, -0.2) is 53.7 Å². The number of para-hydroxylation sites is 1. The first-order valence-electron chi connectivity index (χ1n) is 9.55. The standard InChI is InChI=1S/C20H29N3O5/c1-4-13(2)16(12-24)21-18(25)10-9-15-19(26)23(20(27)22-15)11-14-7-5-6-8-17(14)28-3/h5-8,13,15-16,24H,4,9-12H2,1-3H3,(H,21,25)(H,22,27)/t13-,15-,16-/m0/s1. The SMILES string of the molecule is CC[C@H](C)[C@H](CO)NC(=O)CC[C@@H]1NC(=O)N(Cc2ccccc2OC)C1=O. The fourth-order valence-corrected chi connectivity index (χ4v) is 3.13. The van der Waals surface area contributed by atoms with Crippen molar-refractivity contribution in [1.29, 1.82) is 0 Å². The van der Waals surface area contributed by atoms with E-state index in [1.165, 1.54) is 7.11 Å². The van der Waals surface area contributed by atoms with Gasteiger partial charge in [0, 0.05) is 12.0 Å². The Kier molecular flexibility index (Phi) is 7.80. The largest absolute Gasteiger partial charge is 0.496 e. The van der Waals surface area contributed by atoms with Crippen LogP contribution in [0.15, 0.2) is 24.3 Å². The Bertz CT molecular complexity index is 709. The molecule has 1 aliphatic rings. The Morgan fingerprint density at radius 1 is 1.36 bits per heavy atom. The van der Waals surface area contributed by atoms with Crippen LogP contribution in [0.25, 0.3) is 0 Å². The van der Waals surface area contributed by atoms with Crippen LogP contribution in [0.3, 0.4) is 0 Å². The normalized spacial score (nSPS) is 18.6. The molecule has 0 bridgehead atoms. The van der Waals surface area contributed by atoms with Gasteiger partial charge in [0.25, 0.3) is 5.91 Å². The summed E-state index contributed by atoms with van der Waals surface area (Å²) in [6.45, 7) is 3.92. The number of imide groups is 1. The topological polar surface area (TPSA) is 108 Å². The number of urea groups is 1. The number of aliphatic hydroxyl groups excluding tert-OH is 1. The lowest BCUT2D eigenvalue weighted by molar-refractivity contribution is -0.128. The smallest absolute Gasteiger partial charge is 0.325 e. The minimum Gasteiger partial charge on any atom is -0.496 e. The van der Waals surface area contributed by atoms with Crippen LogP contribution in [0.5, 0.6) is 5.75 Å². The molecule has 1 aromatic carbocycles. The van der Waals surface area contributed by atoms with Gasteiger partial charge in [-0.25, -0.2) is 4.79 Å². The molecule has 0 radical (unpaired) electrons. The van der Waals surface area contributed by atoms with Gasteiger partial charge in [-0.2, -0.15) is 0 Å². The molecule has 1 heterocycles. The third kappa shape index (κ3) is 5.22. The lowest BCUT2D eigenvalue weighted by Crippen LogP contribution is -2.42. The van der Waals surface area contributed by atoms with Crippen molar-refractivity contribution in [2.24, 2.45) is 5.92 Å². The Balaban J connectivity index is 1.92. The first kappa shape index (κ1) is 21.7. The molecule has 0 aliphatic carbocycles. The number of hydrogen-bond acceptors (Lipinski definition) is 5. The number of ether oxygens (including phenoxy) is 1.